The fourth-order valence-electron chi connectivity index (χ4n) is 1.86. The van der Waals surface area contributed by atoms with Gasteiger partial charge in [-0.2, -0.15) is 0 Å². The van der Waals surface area contributed by atoms with Crippen LogP contribution in [0.5, 0.6) is 0 Å². The molecule has 0 aliphatic rings. The predicted molar refractivity (Wildman–Crippen MR) is 76.5 cm³/mol. The van der Waals surface area contributed by atoms with Gasteiger partial charge in [-0.05, 0) is 24.6 Å². The van der Waals surface area contributed by atoms with Crippen molar-refractivity contribution in [1.82, 2.24) is 15.0 Å². The van der Waals surface area contributed by atoms with E-state index in [1.807, 2.05) is 61.7 Å². The van der Waals surface area contributed by atoms with Gasteiger partial charge in [0.05, 0.1) is 11.9 Å². The van der Waals surface area contributed by atoms with Crippen molar-refractivity contribution in [3.8, 4) is 16.9 Å². The molecule has 0 saturated heterocycles. The maximum atomic E-state index is 6.13. The summed E-state index contributed by atoms with van der Waals surface area (Å²) in [6.45, 7) is 1.98. The van der Waals surface area contributed by atoms with Crippen molar-refractivity contribution in [2.45, 2.75) is 6.92 Å². The molecular weight excluding hydrogens is 258 g/mol. The fourth-order valence-corrected chi connectivity index (χ4v) is 2.03. The SMILES string of the molecule is Cc1ccc(-n2cc(-c3ccccc3)nn2)cc1Cl. The summed E-state index contributed by atoms with van der Waals surface area (Å²) in [6.07, 6.45) is 1.90. The summed E-state index contributed by atoms with van der Waals surface area (Å²) in [5.41, 5.74) is 3.85. The minimum atomic E-state index is 0.731. The van der Waals surface area contributed by atoms with Crippen molar-refractivity contribution in [3.05, 3.63) is 65.3 Å². The lowest BCUT2D eigenvalue weighted by molar-refractivity contribution is 0.803. The number of aromatic nitrogens is 3. The maximum Gasteiger partial charge on any atom is 0.113 e. The molecule has 4 heteroatoms. The summed E-state index contributed by atoms with van der Waals surface area (Å²) >= 11 is 6.13. The predicted octanol–water partition coefficient (Wildman–Crippen LogP) is 3.90. The van der Waals surface area contributed by atoms with E-state index in [1.165, 1.54) is 0 Å². The molecule has 0 radical (unpaired) electrons. The second-order valence-electron chi connectivity index (χ2n) is 4.35. The average Bonchev–Trinajstić information content (AvgIpc) is 2.93. The Labute approximate surface area is 116 Å². The number of hydrogen-bond donors (Lipinski definition) is 0. The smallest absolute Gasteiger partial charge is 0.113 e. The highest BCUT2D eigenvalue weighted by Gasteiger charge is 2.06. The van der Waals surface area contributed by atoms with Crippen molar-refractivity contribution < 1.29 is 0 Å². The van der Waals surface area contributed by atoms with Gasteiger partial charge in [0.25, 0.3) is 0 Å². The summed E-state index contributed by atoms with van der Waals surface area (Å²) in [5.74, 6) is 0. The molecule has 0 fully saturated rings. The monoisotopic (exact) mass is 269 g/mol. The number of benzene rings is 2. The van der Waals surface area contributed by atoms with Gasteiger partial charge in [0.1, 0.15) is 5.69 Å². The first kappa shape index (κ1) is 11.9. The minimum absolute atomic E-state index is 0.731. The van der Waals surface area contributed by atoms with Gasteiger partial charge < -0.3 is 0 Å². The molecule has 3 rings (SSSR count). The van der Waals surface area contributed by atoms with Gasteiger partial charge in [-0.3, -0.25) is 0 Å². The Hall–Kier alpha value is -2.13. The third-order valence-corrected chi connectivity index (χ3v) is 3.39. The molecule has 0 amide bonds. The molecule has 94 valence electrons. The third-order valence-electron chi connectivity index (χ3n) is 2.98. The zero-order valence-electron chi connectivity index (χ0n) is 10.4. The zero-order valence-corrected chi connectivity index (χ0v) is 11.2. The quantitative estimate of drug-likeness (QED) is 0.706. The number of rotatable bonds is 2. The average molecular weight is 270 g/mol. The van der Waals surface area contributed by atoms with E-state index in [2.05, 4.69) is 10.3 Å². The van der Waals surface area contributed by atoms with Crippen molar-refractivity contribution in [2.75, 3.05) is 0 Å². The molecule has 0 bridgehead atoms. The lowest BCUT2D eigenvalue weighted by Crippen LogP contribution is -1.94. The Kier molecular flexibility index (Phi) is 3.05. The number of halogens is 1. The Morgan fingerprint density at radius 3 is 2.58 bits per heavy atom. The van der Waals surface area contributed by atoms with E-state index in [4.69, 9.17) is 11.6 Å². The van der Waals surface area contributed by atoms with Crippen molar-refractivity contribution in [2.24, 2.45) is 0 Å². The molecule has 19 heavy (non-hydrogen) atoms. The van der Waals surface area contributed by atoms with E-state index in [9.17, 15) is 0 Å². The molecule has 0 aliphatic carbocycles. The lowest BCUT2D eigenvalue weighted by Gasteiger charge is -2.02. The van der Waals surface area contributed by atoms with Crippen LogP contribution in [0.15, 0.2) is 54.7 Å². The van der Waals surface area contributed by atoms with Crippen LogP contribution in [0.2, 0.25) is 5.02 Å². The first-order valence-corrected chi connectivity index (χ1v) is 6.36. The third kappa shape index (κ3) is 2.37. The second-order valence-corrected chi connectivity index (χ2v) is 4.76. The van der Waals surface area contributed by atoms with Gasteiger partial charge in [0.15, 0.2) is 0 Å². The van der Waals surface area contributed by atoms with E-state index in [0.29, 0.717) is 0 Å². The Balaban J connectivity index is 1.99. The normalized spacial score (nSPS) is 10.6. The topological polar surface area (TPSA) is 30.7 Å². The van der Waals surface area contributed by atoms with Gasteiger partial charge in [-0.15, -0.1) is 5.10 Å². The van der Waals surface area contributed by atoms with Gasteiger partial charge in [0.2, 0.25) is 0 Å². The van der Waals surface area contributed by atoms with E-state index in [-0.39, 0.29) is 0 Å². The first-order chi connectivity index (χ1) is 9.24. The van der Waals surface area contributed by atoms with Crippen molar-refractivity contribution >= 4 is 11.6 Å². The Morgan fingerprint density at radius 2 is 1.84 bits per heavy atom. The van der Waals surface area contributed by atoms with Crippen LogP contribution in [0.1, 0.15) is 5.56 Å². The van der Waals surface area contributed by atoms with Crippen molar-refractivity contribution in [1.29, 1.82) is 0 Å². The summed E-state index contributed by atoms with van der Waals surface area (Å²) in [7, 11) is 0. The van der Waals surface area contributed by atoms with Crippen LogP contribution in [0.4, 0.5) is 0 Å². The van der Waals surface area contributed by atoms with Gasteiger partial charge in [0, 0.05) is 10.6 Å². The van der Waals surface area contributed by atoms with E-state index < -0.39 is 0 Å². The summed E-state index contributed by atoms with van der Waals surface area (Å²) in [6, 6.07) is 15.8. The molecule has 0 spiro atoms. The molecule has 0 saturated carbocycles. The molecule has 1 heterocycles. The van der Waals surface area contributed by atoms with Crippen LogP contribution in [0.25, 0.3) is 16.9 Å². The van der Waals surface area contributed by atoms with Crippen LogP contribution in [-0.4, -0.2) is 15.0 Å². The summed E-state index contributed by atoms with van der Waals surface area (Å²) in [4.78, 5) is 0. The highest BCUT2D eigenvalue weighted by Crippen LogP contribution is 2.21. The largest absolute Gasteiger partial charge is 0.220 e. The summed E-state index contributed by atoms with van der Waals surface area (Å²) < 4.78 is 1.73. The standard InChI is InChI=1S/C15H12ClN3/c1-11-7-8-13(9-14(11)16)19-10-15(17-18-19)12-5-3-2-4-6-12/h2-10H,1H3. The van der Waals surface area contributed by atoms with Crippen LogP contribution in [0, 0.1) is 6.92 Å². The molecule has 2 aromatic carbocycles. The second kappa shape index (κ2) is 4.86. The van der Waals surface area contributed by atoms with E-state index in [0.717, 1.165) is 27.5 Å². The molecular formula is C15H12ClN3. The Morgan fingerprint density at radius 1 is 1.05 bits per heavy atom. The number of nitrogens with zero attached hydrogens (tertiary/aromatic N) is 3. The van der Waals surface area contributed by atoms with Gasteiger partial charge >= 0.3 is 0 Å². The van der Waals surface area contributed by atoms with Gasteiger partial charge in [-0.25, -0.2) is 4.68 Å². The molecule has 3 nitrogen and oxygen atoms in total. The van der Waals surface area contributed by atoms with Crippen LogP contribution >= 0.6 is 11.6 Å². The minimum Gasteiger partial charge on any atom is -0.220 e. The molecule has 0 aliphatic heterocycles. The molecule has 0 unspecified atom stereocenters. The highest BCUT2D eigenvalue weighted by molar-refractivity contribution is 6.31. The highest BCUT2D eigenvalue weighted by atomic mass is 35.5. The fraction of sp³-hybridized carbons (Fsp3) is 0.0667. The molecule has 3 aromatic rings. The van der Waals surface area contributed by atoms with Crippen LogP contribution < -0.4 is 0 Å². The van der Waals surface area contributed by atoms with Crippen molar-refractivity contribution in [3.63, 3.8) is 0 Å². The zero-order chi connectivity index (χ0) is 13.2. The maximum absolute atomic E-state index is 6.13. The number of hydrogen-bond acceptors (Lipinski definition) is 2. The Bertz CT molecular complexity index is 704. The number of aryl methyl sites for hydroxylation is 1. The van der Waals surface area contributed by atoms with E-state index in [1.54, 1.807) is 4.68 Å². The first-order valence-electron chi connectivity index (χ1n) is 5.98. The lowest BCUT2D eigenvalue weighted by atomic mass is 10.2. The van der Waals surface area contributed by atoms with Crippen LogP contribution in [-0.2, 0) is 0 Å². The van der Waals surface area contributed by atoms with Gasteiger partial charge in [-0.1, -0.05) is 53.2 Å². The molecule has 0 N–H and O–H groups in total. The van der Waals surface area contributed by atoms with E-state index >= 15 is 0 Å². The molecule has 0 atom stereocenters. The summed E-state index contributed by atoms with van der Waals surface area (Å²) in [5, 5.41) is 9.06. The molecule has 1 aromatic heterocycles. The van der Waals surface area contributed by atoms with Crippen LogP contribution in [0.3, 0.4) is 0 Å².